The molecule has 1 heterocycles. The summed E-state index contributed by atoms with van der Waals surface area (Å²) >= 11 is 0. The van der Waals surface area contributed by atoms with Crippen molar-refractivity contribution in [2.45, 2.75) is 44.6 Å². The van der Waals surface area contributed by atoms with E-state index in [0.29, 0.717) is 17.7 Å². The van der Waals surface area contributed by atoms with E-state index in [1.165, 1.54) is 6.07 Å². The highest BCUT2D eigenvalue weighted by atomic mass is 19.1. The van der Waals surface area contributed by atoms with Crippen LogP contribution >= 0.6 is 0 Å². The van der Waals surface area contributed by atoms with Crippen molar-refractivity contribution in [3.05, 3.63) is 23.5 Å². The van der Waals surface area contributed by atoms with Crippen molar-refractivity contribution in [1.29, 1.82) is 0 Å². The van der Waals surface area contributed by atoms with Crippen LogP contribution in [-0.2, 0) is 4.79 Å². The molecule has 3 rings (SSSR count). The third kappa shape index (κ3) is 1.85. The van der Waals surface area contributed by atoms with Crippen molar-refractivity contribution in [3.8, 4) is 0 Å². The highest BCUT2D eigenvalue weighted by Crippen LogP contribution is 2.40. The maximum atomic E-state index is 13.6. The fourth-order valence-electron chi connectivity index (χ4n) is 3.07. The Labute approximate surface area is 106 Å². The van der Waals surface area contributed by atoms with E-state index in [-0.39, 0.29) is 17.3 Å². The van der Waals surface area contributed by atoms with E-state index in [0.717, 1.165) is 31.4 Å². The molecule has 1 amide bonds. The van der Waals surface area contributed by atoms with E-state index in [1.807, 2.05) is 0 Å². The zero-order valence-corrected chi connectivity index (χ0v) is 10.5. The summed E-state index contributed by atoms with van der Waals surface area (Å²) in [6, 6.07) is 3.19. The molecule has 2 N–H and O–H groups in total. The van der Waals surface area contributed by atoms with Crippen molar-refractivity contribution in [2.24, 2.45) is 0 Å². The van der Waals surface area contributed by atoms with E-state index < -0.39 is 0 Å². The highest BCUT2D eigenvalue weighted by molar-refractivity contribution is 5.97. The Balaban J connectivity index is 2.05. The molecule has 1 fully saturated rings. The van der Waals surface area contributed by atoms with Crippen LogP contribution in [0.4, 0.5) is 15.8 Å². The molecular weight excluding hydrogens is 231 g/mol. The van der Waals surface area contributed by atoms with E-state index in [2.05, 4.69) is 10.6 Å². The average molecular weight is 248 g/mol. The number of fused-ring (bicyclic) bond motifs is 1. The van der Waals surface area contributed by atoms with Gasteiger partial charge >= 0.3 is 0 Å². The van der Waals surface area contributed by atoms with Crippen LogP contribution in [0.1, 0.15) is 37.7 Å². The Morgan fingerprint density at radius 1 is 1.22 bits per heavy atom. The van der Waals surface area contributed by atoms with Gasteiger partial charge in [-0.1, -0.05) is 12.8 Å². The number of carbonyl (C=O) groups is 1. The van der Waals surface area contributed by atoms with Crippen molar-refractivity contribution >= 4 is 17.3 Å². The molecule has 1 spiro atoms. The summed E-state index contributed by atoms with van der Waals surface area (Å²) in [4.78, 5) is 11.9. The minimum Gasteiger partial charge on any atom is -0.377 e. The molecule has 3 nitrogen and oxygen atoms in total. The van der Waals surface area contributed by atoms with E-state index in [1.54, 1.807) is 13.0 Å². The zero-order valence-electron chi connectivity index (χ0n) is 10.5. The Bertz CT molecular complexity index is 507. The summed E-state index contributed by atoms with van der Waals surface area (Å²) in [5.41, 5.74) is 1.89. The summed E-state index contributed by atoms with van der Waals surface area (Å²) < 4.78 is 13.6. The summed E-state index contributed by atoms with van der Waals surface area (Å²) in [7, 11) is 0. The van der Waals surface area contributed by atoms with Crippen LogP contribution in [-0.4, -0.2) is 11.4 Å². The maximum absolute atomic E-state index is 13.6. The van der Waals surface area contributed by atoms with Crippen LogP contribution in [0.3, 0.4) is 0 Å². The van der Waals surface area contributed by atoms with Crippen molar-refractivity contribution in [1.82, 2.24) is 0 Å². The van der Waals surface area contributed by atoms with Gasteiger partial charge in [-0.25, -0.2) is 4.39 Å². The van der Waals surface area contributed by atoms with E-state index >= 15 is 0 Å². The number of aryl methyl sites for hydroxylation is 1. The second-order valence-electron chi connectivity index (χ2n) is 5.48. The molecule has 0 bridgehead atoms. The molecule has 1 aromatic rings. The number of anilines is 2. The van der Waals surface area contributed by atoms with Gasteiger partial charge in [0.15, 0.2) is 0 Å². The second-order valence-corrected chi connectivity index (χ2v) is 5.48. The normalized spacial score (nSPS) is 21.1. The fourth-order valence-corrected chi connectivity index (χ4v) is 3.07. The van der Waals surface area contributed by atoms with Crippen LogP contribution < -0.4 is 10.6 Å². The van der Waals surface area contributed by atoms with Gasteiger partial charge in [0.25, 0.3) is 0 Å². The Hall–Kier alpha value is -1.58. The molecule has 18 heavy (non-hydrogen) atoms. The first-order chi connectivity index (χ1) is 8.58. The molecule has 0 aromatic heterocycles. The summed E-state index contributed by atoms with van der Waals surface area (Å²) in [5, 5.41) is 6.28. The SMILES string of the molecule is Cc1cc2c(cc1F)NC(=O)CC1(CCCC1)N2. The Morgan fingerprint density at radius 3 is 2.67 bits per heavy atom. The van der Waals surface area contributed by atoms with Crippen LogP contribution in [0, 0.1) is 12.7 Å². The maximum Gasteiger partial charge on any atom is 0.226 e. The first kappa shape index (κ1) is 11.5. The van der Waals surface area contributed by atoms with Gasteiger partial charge in [-0.2, -0.15) is 0 Å². The minimum atomic E-state index is -0.279. The predicted molar refractivity (Wildman–Crippen MR) is 69.2 cm³/mol. The first-order valence-electron chi connectivity index (χ1n) is 6.46. The molecule has 0 unspecified atom stereocenters. The largest absolute Gasteiger partial charge is 0.377 e. The van der Waals surface area contributed by atoms with Gasteiger partial charge in [0.1, 0.15) is 5.82 Å². The van der Waals surface area contributed by atoms with Crippen molar-refractivity contribution in [3.63, 3.8) is 0 Å². The molecule has 0 saturated heterocycles. The lowest BCUT2D eigenvalue weighted by Gasteiger charge is -2.29. The number of carbonyl (C=O) groups excluding carboxylic acids is 1. The molecule has 1 aliphatic heterocycles. The molecule has 1 aliphatic carbocycles. The second kappa shape index (κ2) is 3.97. The number of halogens is 1. The summed E-state index contributed by atoms with van der Waals surface area (Å²) in [6.45, 7) is 1.74. The quantitative estimate of drug-likeness (QED) is 0.740. The number of amides is 1. The van der Waals surface area contributed by atoms with E-state index in [4.69, 9.17) is 0 Å². The molecule has 1 aromatic carbocycles. The molecule has 1 saturated carbocycles. The van der Waals surface area contributed by atoms with Gasteiger partial charge in [-0.3, -0.25) is 4.79 Å². The molecule has 96 valence electrons. The number of benzene rings is 1. The predicted octanol–water partition coefficient (Wildman–Crippen LogP) is 3.20. The highest BCUT2D eigenvalue weighted by Gasteiger charge is 2.38. The third-order valence-electron chi connectivity index (χ3n) is 4.03. The monoisotopic (exact) mass is 248 g/mol. The van der Waals surface area contributed by atoms with Crippen LogP contribution in [0.2, 0.25) is 0 Å². The Morgan fingerprint density at radius 2 is 1.94 bits per heavy atom. The topological polar surface area (TPSA) is 41.1 Å². The van der Waals surface area contributed by atoms with Gasteiger partial charge in [-0.15, -0.1) is 0 Å². The van der Waals surface area contributed by atoms with Crippen molar-refractivity contribution in [2.75, 3.05) is 10.6 Å². The smallest absolute Gasteiger partial charge is 0.226 e. The fraction of sp³-hybridized carbons (Fsp3) is 0.500. The zero-order chi connectivity index (χ0) is 12.8. The van der Waals surface area contributed by atoms with Gasteiger partial charge in [0.05, 0.1) is 11.4 Å². The average Bonchev–Trinajstić information content (AvgIpc) is 2.68. The van der Waals surface area contributed by atoms with Crippen LogP contribution in [0.25, 0.3) is 0 Å². The lowest BCUT2D eigenvalue weighted by Crippen LogP contribution is -2.36. The van der Waals surface area contributed by atoms with E-state index in [9.17, 15) is 9.18 Å². The van der Waals surface area contributed by atoms with Gasteiger partial charge in [0.2, 0.25) is 5.91 Å². The van der Waals surface area contributed by atoms with Crippen LogP contribution in [0.15, 0.2) is 12.1 Å². The molecule has 0 atom stereocenters. The standard InChI is InChI=1S/C14H17FN2O/c1-9-6-12-11(7-10(9)15)16-13(18)8-14(17-12)4-2-3-5-14/h6-7,17H,2-5,8H2,1H3,(H,16,18). The molecule has 2 aliphatic rings. The molecule has 0 radical (unpaired) electrons. The third-order valence-corrected chi connectivity index (χ3v) is 4.03. The van der Waals surface area contributed by atoms with Gasteiger partial charge in [-0.05, 0) is 37.5 Å². The summed E-state index contributed by atoms with van der Waals surface area (Å²) in [5.74, 6) is -0.301. The number of hydrogen-bond acceptors (Lipinski definition) is 2. The number of rotatable bonds is 0. The van der Waals surface area contributed by atoms with Gasteiger partial charge in [0, 0.05) is 12.0 Å². The molecular formula is C14H17FN2O. The lowest BCUT2D eigenvalue weighted by molar-refractivity contribution is -0.117. The summed E-state index contributed by atoms with van der Waals surface area (Å²) in [6.07, 6.45) is 4.79. The van der Waals surface area contributed by atoms with Crippen LogP contribution in [0.5, 0.6) is 0 Å². The molecule has 4 heteroatoms. The number of nitrogens with one attached hydrogen (secondary N) is 2. The minimum absolute atomic E-state index is 0.0218. The first-order valence-corrected chi connectivity index (χ1v) is 6.46. The number of hydrogen-bond donors (Lipinski definition) is 2. The van der Waals surface area contributed by atoms with Crippen molar-refractivity contribution < 1.29 is 9.18 Å². The Kier molecular flexibility index (Phi) is 2.54. The van der Waals surface area contributed by atoms with Gasteiger partial charge < -0.3 is 10.6 Å². The lowest BCUT2D eigenvalue weighted by atomic mass is 9.93.